The number of anilines is 1. The standard InChI is InChI=1S/C14H18ClFN2O2/c15-12-8-10(4-5-13(12)16)17-14(20)9-18(6-7-19)11-2-1-3-11/h4-5,8,11,19H,1-3,6-7,9H2,(H,17,20). The molecule has 20 heavy (non-hydrogen) atoms. The lowest BCUT2D eigenvalue weighted by Gasteiger charge is -2.36. The van der Waals surface area contributed by atoms with E-state index in [0.29, 0.717) is 18.3 Å². The molecule has 1 aliphatic carbocycles. The van der Waals surface area contributed by atoms with Crippen LogP contribution in [-0.2, 0) is 4.79 Å². The second kappa shape index (κ2) is 7.02. The molecule has 1 saturated carbocycles. The Balaban J connectivity index is 1.91. The minimum absolute atomic E-state index is 0.0194. The Morgan fingerprint density at radius 2 is 2.25 bits per heavy atom. The molecule has 0 bridgehead atoms. The highest BCUT2D eigenvalue weighted by Gasteiger charge is 2.26. The van der Waals surface area contributed by atoms with E-state index in [1.54, 1.807) is 0 Å². The molecular weight excluding hydrogens is 283 g/mol. The third kappa shape index (κ3) is 3.91. The van der Waals surface area contributed by atoms with Gasteiger partial charge in [-0.25, -0.2) is 4.39 Å². The number of halogens is 2. The Labute approximate surface area is 122 Å². The van der Waals surface area contributed by atoms with E-state index < -0.39 is 5.82 Å². The average Bonchev–Trinajstić information content (AvgIpc) is 2.32. The number of carbonyl (C=O) groups excluding carboxylic acids is 1. The molecule has 0 heterocycles. The number of aliphatic hydroxyl groups is 1. The first kappa shape index (κ1) is 15.2. The number of hydrogen-bond acceptors (Lipinski definition) is 3. The Hall–Kier alpha value is -1.17. The zero-order valence-corrected chi connectivity index (χ0v) is 11.9. The number of aliphatic hydroxyl groups excluding tert-OH is 1. The third-order valence-electron chi connectivity index (χ3n) is 3.53. The van der Waals surface area contributed by atoms with Gasteiger partial charge in [0.15, 0.2) is 0 Å². The van der Waals surface area contributed by atoms with E-state index in [0.717, 1.165) is 12.8 Å². The van der Waals surface area contributed by atoms with Gasteiger partial charge in [0.1, 0.15) is 5.82 Å². The third-order valence-corrected chi connectivity index (χ3v) is 3.82. The molecule has 0 aliphatic heterocycles. The number of benzene rings is 1. The molecule has 2 N–H and O–H groups in total. The number of amides is 1. The maximum atomic E-state index is 13.0. The van der Waals surface area contributed by atoms with Crippen LogP contribution in [0.2, 0.25) is 5.02 Å². The van der Waals surface area contributed by atoms with Crippen molar-refractivity contribution in [3.05, 3.63) is 29.0 Å². The van der Waals surface area contributed by atoms with E-state index in [2.05, 4.69) is 5.32 Å². The van der Waals surface area contributed by atoms with Crippen molar-refractivity contribution in [3.8, 4) is 0 Å². The highest BCUT2D eigenvalue weighted by Crippen LogP contribution is 2.24. The summed E-state index contributed by atoms with van der Waals surface area (Å²) in [5.41, 5.74) is 0.471. The smallest absolute Gasteiger partial charge is 0.238 e. The second-order valence-corrected chi connectivity index (χ2v) is 5.36. The first-order chi connectivity index (χ1) is 9.60. The van der Waals surface area contributed by atoms with Gasteiger partial charge in [-0.2, -0.15) is 0 Å². The van der Waals surface area contributed by atoms with Crippen molar-refractivity contribution in [2.45, 2.75) is 25.3 Å². The van der Waals surface area contributed by atoms with Gasteiger partial charge in [-0.3, -0.25) is 9.69 Å². The summed E-state index contributed by atoms with van der Waals surface area (Å²) in [6.45, 7) is 0.745. The fourth-order valence-corrected chi connectivity index (χ4v) is 2.41. The number of nitrogens with one attached hydrogen (secondary N) is 1. The van der Waals surface area contributed by atoms with Crippen LogP contribution in [0.4, 0.5) is 10.1 Å². The SMILES string of the molecule is O=C(CN(CCO)C1CCC1)Nc1ccc(F)c(Cl)c1. The maximum Gasteiger partial charge on any atom is 0.238 e. The van der Waals surface area contributed by atoms with E-state index >= 15 is 0 Å². The van der Waals surface area contributed by atoms with Crippen LogP contribution < -0.4 is 5.32 Å². The Kier molecular flexibility index (Phi) is 5.34. The van der Waals surface area contributed by atoms with E-state index in [9.17, 15) is 9.18 Å². The molecule has 1 aromatic rings. The van der Waals surface area contributed by atoms with E-state index in [4.69, 9.17) is 16.7 Å². The first-order valence-corrected chi connectivity index (χ1v) is 7.08. The van der Waals surface area contributed by atoms with Crippen LogP contribution in [0.25, 0.3) is 0 Å². The van der Waals surface area contributed by atoms with Gasteiger partial charge in [0.05, 0.1) is 18.2 Å². The Morgan fingerprint density at radius 1 is 1.50 bits per heavy atom. The van der Waals surface area contributed by atoms with Crippen molar-refractivity contribution in [1.29, 1.82) is 0 Å². The second-order valence-electron chi connectivity index (χ2n) is 4.96. The molecule has 0 radical (unpaired) electrons. The quantitative estimate of drug-likeness (QED) is 0.847. The molecule has 0 aromatic heterocycles. The van der Waals surface area contributed by atoms with E-state index in [-0.39, 0.29) is 24.1 Å². The Morgan fingerprint density at radius 3 is 2.80 bits per heavy atom. The summed E-state index contributed by atoms with van der Waals surface area (Å²) in [7, 11) is 0. The van der Waals surface area contributed by atoms with Crippen molar-refractivity contribution in [2.75, 3.05) is 25.0 Å². The van der Waals surface area contributed by atoms with E-state index in [1.165, 1.54) is 24.6 Å². The molecule has 0 atom stereocenters. The van der Waals surface area contributed by atoms with Gasteiger partial charge in [0.25, 0.3) is 0 Å². The van der Waals surface area contributed by atoms with Crippen molar-refractivity contribution in [3.63, 3.8) is 0 Å². The summed E-state index contributed by atoms with van der Waals surface area (Å²) in [6, 6.07) is 4.45. The summed E-state index contributed by atoms with van der Waals surface area (Å²) in [5, 5.41) is 11.7. The zero-order chi connectivity index (χ0) is 14.5. The van der Waals surface area contributed by atoms with Crippen LogP contribution >= 0.6 is 11.6 Å². The van der Waals surface area contributed by atoms with Crippen molar-refractivity contribution >= 4 is 23.2 Å². The van der Waals surface area contributed by atoms with Gasteiger partial charge in [0.2, 0.25) is 5.91 Å². The van der Waals surface area contributed by atoms with Gasteiger partial charge in [-0.15, -0.1) is 0 Å². The van der Waals surface area contributed by atoms with Crippen LogP contribution in [0.1, 0.15) is 19.3 Å². The van der Waals surface area contributed by atoms with Gasteiger partial charge in [-0.05, 0) is 31.0 Å². The number of hydrogen-bond donors (Lipinski definition) is 2. The summed E-state index contributed by atoms with van der Waals surface area (Å²) in [5.74, 6) is -0.700. The monoisotopic (exact) mass is 300 g/mol. The lowest BCUT2D eigenvalue weighted by atomic mass is 9.91. The normalized spacial score (nSPS) is 15.2. The molecule has 0 spiro atoms. The van der Waals surface area contributed by atoms with Gasteiger partial charge >= 0.3 is 0 Å². The molecule has 2 rings (SSSR count). The van der Waals surface area contributed by atoms with Crippen molar-refractivity contribution in [2.24, 2.45) is 0 Å². The van der Waals surface area contributed by atoms with Crippen LogP contribution in [0, 0.1) is 5.82 Å². The predicted molar refractivity (Wildman–Crippen MR) is 76.3 cm³/mol. The molecule has 110 valence electrons. The zero-order valence-electron chi connectivity index (χ0n) is 11.1. The number of rotatable bonds is 6. The minimum Gasteiger partial charge on any atom is -0.395 e. The molecule has 0 unspecified atom stereocenters. The lowest BCUT2D eigenvalue weighted by Crippen LogP contribution is -2.45. The predicted octanol–water partition coefficient (Wildman–Crippen LogP) is 2.26. The molecule has 1 aromatic carbocycles. The highest BCUT2D eigenvalue weighted by atomic mass is 35.5. The largest absolute Gasteiger partial charge is 0.395 e. The fraction of sp³-hybridized carbons (Fsp3) is 0.500. The molecule has 0 saturated heterocycles. The number of carbonyl (C=O) groups is 1. The molecule has 4 nitrogen and oxygen atoms in total. The fourth-order valence-electron chi connectivity index (χ4n) is 2.23. The molecule has 6 heteroatoms. The average molecular weight is 301 g/mol. The summed E-state index contributed by atoms with van der Waals surface area (Å²) >= 11 is 5.67. The molecular formula is C14H18ClFN2O2. The summed E-state index contributed by atoms with van der Waals surface area (Å²) in [6.07, 6.45) is 3.30. The topological polar surface area (TPSA) is 52.6 Å². The van der Waals surface area contributed by atoms with Crippen LogP contribution in [-0.4, -0.2) is 41.7 Å². The van der Waals surface area contributed by atoms with Crippen molar-refractivity contribution < 1.29 is 14.3 Å². The van der Waals surface area contributed by atoms with Crippen molar-refractivity contribution in [1.82, 2.24) is 4.90 Å². The summed E-state index contributed by atoms with van der Waals surface area (Å²) in [4.78, 5) is 13.9. The lowest BCUT2D eigenvalue weighted by molar-refractivity contribution is -0.118. The highest BCUT2D eigenvalue weighted by molar-refractivity contribution is 6.31. The van der Waals surface area contributed by atoms with Gasteiger partial charge < -0.3 is 10.4 Å². The van der Waals surface area contributed by atoms with Crippen LogP contribution in [0.15, 0.2) is 18.2 Å². The number of nitrogens with zero attached hydrogens (tertiary/aromatic N) is 1. The minimum atomic E-state index is -0.513. The van der Waals surface area contributed by atoms with Gasteiger partial charge in [0, 0.05) is 18.3 Å². The van der Waals surface area contributed by atoms with Gasteiger partial charge in [-0.1, -0.05) is 18.0 Å². The van der Waals surface area contributed by atoms with Crippen LogP contribution in [0.5, 0.6) is 0 Å². The van der Waals surface area contributed by atoms with Crippen LogP contribution in [0.3, 0.4) is 0 Å². The molecule has 1 amide bonds. The summed E-state index contributed by atoms with van der Waals surface area (Å²) < 4.78 is 13.0. The molecule has 1 aliphatic rings. The molecule has 1 fully saturated rings. The first-order valence-electron chi connectivity index (χ1n) is 6.70. The maximum absolute atomic E-state index is 13.0. The Bertz CT molecular complexity index is 480. The van der Waals surface area contributed by atoms with E-state index in [1.807, 2.05) is 4.90 Å².